The van der Waals surface area contributed by atoms with Crippen LogP contribution in [0.2, 0.25) is 0 Å². The van der Waals surface area contributed by atoms with Gasteiger partial charge in [0.25, 0.3) is 0 Å². The number of nitrogens with zero attached hydrogens (tertiary/aromatic N) is 4. The van der Waals surface area contributed by atoms with E-state index >= 15 is 0 Å². The summed E-state index contributed by atoms with van der Waals surface area (Å²) in [5.74, 6) is 2.06. The minimum absolute atomic E-state index is 0.246. The van der Waals surface area contributed by atoms with Crippen LogP contribution in [0.5, 0.6) is 0 Å². The molecule has 31 heavy (non-hydrogen) atoms. The van der Waals surface area contributed by atoms with Crippen molar-refractivity contribution in [3.63, 3.8) is 0 Å². The molecule has 0 unspecified atom stereocenters. The lowest BCUT2D eigenvalue weighted by atomic mass is 9.96. The van der Waals surface area contributed by atoms with Gasteiger partial charge in [0.1, 0.15) is 5.82 Å². The minimum atomic E-state index is 0.246. The Labute approximate surface area is 190 Å². The lowest BCUT2D eigenvalue weighted by Gasteiger charge is -2.17. The van der Waals surface area contributed by atoms with Crippen LogP contribution in [0.25, 0.3) is 0 Å². The molecule has 1 aromatic heterocycles. The topological polar surface area (TPSA) is 67.1 Å². The van der Waals surface area contributed by atoms with Crippen molar-refractivity contribution in [2.75, 3.05) is 25.9 Å². The van der Waals surface area contributed by atoms with Crippen LogP contribution >= 0.6 is 11.8 Å². The summed E-state index contributed by atoms with van der Waals surface area (Å²) in [6.07, 6.45) is 11.7. The lowest BCUT2D eigenvalue weighted by Crippen LogP contribution is -2.38. The predicted octanol–water partition coefficient (Wildman–Crippen LogP) is 4.33. The zero-order valence-electron chi connectivity index (χ0n) is 18.9. The monoisotopic (exact) mass is 440 g/mol. The fourth-order valence-electron chi connectivity index (χ4n) is 4.65. The van der Waals surface area contributed by atoms with E-state index in [-0.39, 0.29) is 5.41 Å². The van der Waals surface area contributed by atoms with Crippen molar-refractivity contribution < 1.29 is 0 Å². The average molecular weight is 441 g/mol. The highest BCUT2D eigenvalue weighted by Gasteiger charge is 2.43. The van der Waals surface area contributed by atoms with Crippen molar-refractivity contribution in [3.8, 4) is 0 Å². The quantitative estimate of drug-likeness (QED) is 0.249. The second kappa shape index (κ2) is 10.5. The highest BCUT2D eigenvalue weighted by Crippen LogP contribution is 2.48. The number of hydrogen-bond donors (Lipinski definition) is 2. The molecule has 1 heterocycles. The van der Waals surface area contributed by atoms with E-state index in [2.05, 4.69) is 68.9 Å². The maximum absolute atomic E-state index is 4.92. The van der Waals surface area contributed by atoms with Gasteiger partial charge in [-0.15, -0.1) is 10.2 Å². The molecule has 2 aromatic rings. The van der Waals surface area contributed by atoms with Crippen molar-refractivity contribution >= 4 is 17.7 Å². The van der Waals surface area contributed by atoms with E-state index in [1.807, 2.05) is 0 Å². The van der Waals surface area contributed by atoms with E-state index in [1.54, 1.807) is 11.8 Å². The van der Waals surface area contributed by atoms with Crippen molar-refractivity contribution in [2.45, 2.75) is 74.9 Å². The molecule has 2 N–H and O–H groups in total. The molecule has 0 atom stereocenters. The summed E-state index contributed by atoms with van der Waals surface area (Å²) >= 11 is 1.71. The van der Waals surface area contributed by atoms with Gasteiger partial charge in [-0.25, -0.2) is 0 Å². The largest absolute Gasteiger partial charge is 0.357 e. The fraction of sp³-hybridized carbons (Fsp3) is 0.625. The van der Waals surface area contributed by atoms with Gasteiger partial charge in [0, 0.05) is 31.0 Å². The van der Waals surface area contributed by atoms with E-state index in [0.717, 1.165) is 49.4 Å². The lowest BCUT2D eigenvalue weighted by molar-refractivity contribution is 0.460. The first-order valence-electron chi connectivity index (χ1n) is 11.8. The van der Waals surface area contributed by atoms with E-state index in [9.17, 15) is 0 Å². The second-order valence-electron chi connectivity index (χ2n) is 8.78. The van der Waals surface area contributed by atoms with Crippen LogP contribution in [0.15, 0.2) is 40.5 Å². The molecular weight excluding hydrogens is 404 g/mol. The van der Waals surface area contributed by atoms with Gasteiger partial charge in [0.05, 0.1) is 6.54 Å². The van der Waals surface area contributed by atoms with Gasteiger partial charge in [-0.3, -0.25) is 4.99 Å². The molecule has 1 aromatic carbocycles. The van der Waals surface area contributed by atoms with E-state index in [0.29, 0.717) is 6.04 Å². The number of nitrogens with one attached hydrogen (secondary N) is 2. The average Bonchev–Trinajstić information content (AvgIpc) is 3.20. The third kappa shape index (κ3) is 5.43. The second-order valence-corrected chi connectivity index (χ2v) is 9.56. The fourth-order valence-corrected chi connectivity index (χ4v) is 5.23. The van der Waals surface area contributed by atoms with E-state index < -0.39 is 0 Å². The molecule has 0 saturated heterocycles. The van der Waals surface area contributed by atoms with Crippen LogP contribution in [0, 0.1) is 0 Å². The Morgan fingerprint density at radius 2 is 1.94 bits per heavy atom. The molecule has 168 valence electrons. The summed E-state index contributed by atoms with van der Waals surface area (Å²) in [6, 6.07) is 11.4. The van der Waals surface area contributed by atoms with Gasteiger partial charge < -0.3 is 15.2 Å². The van der Waals surface area contributed by atoms with Crippen LogP contribution in [-0.2, 0) is 11.8 Å². The molecule has 2 aliphatic carbocycles. The number of aryl methyl sites for hydroxylation is 1. The minimum Gasteiger partial charge on any atom is -0.357 e. The van der Waals surface area contributed by atoms with Crippen molar-refractivity contribution in [1.29, 1.82) is 0 Å². The predicted molar refractivity (Wildman–Crippen MR) is 129 cm³/mol. The molecule has 2 fully saturated rings. The van der Waals surface area contributed by atoms with Gasteiger partial charge in [-0.2, -0.15) is 0 Å². The SMILES string of the molecule is CCNC(=NCC1(c2ccccc2)CC1)NCCCc1nnc(SC)n1C1CCCC1. The molecule has 0 bridgehead atoms. The molecule has 0 aliphatic heterocycles. The first-order chi connectivity index (χ1) is 15.3. The van der Waals surface area contributed by atoms with Crippen LogP contribution in [-0.4, -0.2) is 46.6 Å². The van der Waals surface area contributed by atoms with Crippen LogP contribution in [0.4, 0.5) is 0 Å². The van der Waals surface area contributed by atoms with Gasteiger partial charge in [0.15, 0.2) is 11.1 Å². The Morgan fingerprint density at radius 3 is 2.61 bits per heavy atom. The number of hydrogen-bond acceptors (Lipinski definition) is 4. The maximum atomic E-state index is 4.92. The standard InChI is InChI=1S/C24H36N6S/c1-3-25-22(27-18-24(15-16-24)19-10-5-4-6-11-19)26-17-9-14-21-28-29-23(31-2)30(21)20-12-7-8-13-20/h4-6,10-11,20H,3,7-9,12-18H2,1-2H3,(H2,25,26,27). The van der Waals surface area contributed by atoms with Gasteiger partial charge in [-0.05, 0) is 50.8 Å². The van der Waals surface area contributed by atoms with E-state index in [4.69, 9.17) is 4.99 Å². The Bertz CT molecular complexity index is 852. The van der Waals surface area contributed by atoms with Crippen LogP contribution in [0.1, 0.15) is 69.3 Å². The Balaban J connectivity index is 1.31. The molecule has 0 radical (unpaired) electrons. The molecule has 2 saturated carbocycles. The maximum Gasteiger partial charge on any atom is 0.191 e. The summed E-state index contributed by atoms with van der Waals surface area (Å²) in [6.45, 7) is 4.72. The molecule has 0 spiro atoms. The van der Waals surface area contributed by atoms with E-state index in [1.165, 1.54) is 44.1 Å². The summed E-state index contributed by atoms with van der Waals surface area (Å²) in [4.78, 5) is 4.92. The third-order valence-electron chi connectivity index (χ3n) is 6.60. The van der Waals surface area contributed by atoms with Crippen molar-refractivity contribution in [1.82, 2.24) is 25.4 Å². The summed E-state index contributed by atoms with van der Waals surface area (Å²) < 4.78 is 2.41. The van der Waals surface area contributed by atoms with Crippen LogP contribution in [0.3, 0.4) is 0 Å². The third-order valence-corrected chi connectivity index (χ3v) is 7.24. The molecule has 0 amide bonds. The number of aromatic nitrogens is 3. The van der Waals surface area contributed by atoms with Gasteiger partial charge in [-0.1, -0.05) is 54.9 Å². The summed E-state index contributed by atoms with van der Waals surface area (Å²) in [5.41, 5.74) is 1.67. The molecule has 4 rings (SSSR count). The number of aliphatic imine (C=N–C) groups is 1. The summed E-state index contributed by atoms with van der Waals surface area (Å²) in [5, 5.41) is 17.0. The molecule has 2 aliphatic rings. The molecular formula is C24H36N6S. The van der Waals surface area contributed by atoms with Crippen molar-refractivity contribution in [2.24, 2.45) is 4.99 Å². The van der Waals surface area contributed by atoms with Crippen molar-refractivity contribution in [3.05, 3.63) is 41.7 Å². The molecule has 6 nitrogen and oxygen atoms in total. The highest BCUT2D eigenvalue weighted by atomic mass is 32.2. The number of benzene rings is 1. The Kier molecular flexibility index (Phi) is 7.54. The zero-order valence-corrected chi connectivity index (χ0v) is 19.8. The van der Waals surface area contributed by atoms with Gasteiger partial charge >= 0.3 is 0 Å². The first kappa shape index (κ1) is 22.2. The molecule has 7 heteroatoms. The Morgan fingerprint density at radius 1 is 1.16 bits per heavy atom. The normalized spacial score (nSPS) is 18.3. The number of guanidine groups is 1. The summed E-state index contributed by atoms with van der Waals surface area (Å²) in [7, 11) is 0. The van der Waals surface area contributed by atoms with Crippen LogP contribution < -0.4 is 10.6 Å². The number of rotatable bonds is 10. The first-order valence-corrected chi connectivity index (χ1v) is 13.0. The zero-order chi connectivity index (χ0) is 21.5. The smallest absolute Gasteiger partial charge is 0.191 e. The van der Waals surface area contributed by atoms with Gasteiger partial charge in [0.2, 0.25) is 0 Å². The highest BCUT2D eigenvalue weighted by molar-refractivity contribution is 7.98. The Hall–Kier alpha value is -2.02. The number of thioether (sulfide) groups is 1.